The number of aryl methyl sites for hydroxylation is 2. The first-order valence-corrected chi connectivity index (χ1v) is 6.14. The van der Waals surface area contributed by atoms with Gasteiger partial charge in [0.25, 0.3) is 0 Å². The Morgan fingerprint density at radius 3 is 2.44 bits per heavy atom. The summed E-state index contributed by atoms with van der Waals surface area (Å²) in [7, 11) is 0. The highest BCUT2D eigenvalue weighted by Gasteiger charge is 2.15. The monoisotopic (exact) mass is 263 g/mol. The van der Waals surface area contributed by atoms with Crippen molar-refractivity contribution in [3.05, 3.63) is 69.5 Å². The van der Waals surface area contributed by atoms with E-state index in [0.29, 0.717) is 5.02 Å². The average Bonchev–Trinajstić information content (AvgIpc) is 2.31. The van der Waals surface area contributed by atoms with E-state index in [1.165, 1.54) is 12.1 Å². The first kappa shape index (κ1) is 13.1. The lowest BCUT2D eigenvalue weighted by Gasteiger charge is -2.17. The van der Waals surface area contributed by atoms with Crippen molar-refractivity contribution < 1.29 is 4.39 Å². The Morgan fingerprint density at radius 1 is 1.06 bits per heavy atom. The molecular formula is C15H15ClFN. The summed E-state index contributed by atoms with van der Waals surface area (Å²) in [6.07, 6.45) is 0. The van der Waals surface area contributed by atoms with Gasteiger partial charge in [0.2, 0.25) is 0 Å². The van der Waals surface area contributed by atoms with Crippen LogP contribution in [0.25, 0.3) is 0 Å². The number of nitrogens with two attached hydrogens (primary N) is 1. The fraction of sp³-hybridized carbons (Fsp3) is 0.200. The van der Waals surface area contributed by atoms with Crippen molar-refractivity contribution in [2.24, 2.45) is 5.73 Å². The summed E-state index contributed by atoms with van der Waals surface area (Å²) in [6, 6.07) is 10.1. The average molecular weight is 264 g/mol. The molecule has 1 unspecified atom stereocenters. The predicted octanol–water partition coefficient (Wildman–Crippen LogP) is 4.14. The van der Waals surface area contributed by atoms with Crippen LogP contribution >= 0.6 is 11.6 Å². The summed E-state index contributed by atoms with van der Waals surface area (Å²) < 4.78 is 13.0. The molecule has 1 nitrogen and oxygen atoms in total. The number of benzene rings is 2. The summed E-state index contributed by atoms with van der Waals surface area (Å²) in [4.78, 5) is 0. The van der Waals surface area contributed by atoms with Gasteiger partial charge in [-0.2, -0.15) is 0 Å². The molecule has 0 saturated heterocycles. The van der Waals surface area contributed by atoms with Crippen LogP contribution in [0.5, 0.6) is 0 Å². The van der Waals surface area contributed by atoms with E-state index in [2.05, 4.69) is 0 Å². The van der Waals surface area contributed by atoms with Gasteiger partial charge in [-0.15, -0.1) is 0 Å². The molecule has 0 aliphatic rings. The van der Waals surface area contributed by atoms with Gasteiger partial charge < -0.3 is 5.73 Å². The third-order valence-electron chi connectivity index (χ3n) is 3.07. The van der Waals surface area contributed by atoms with Gasteiger partial charge in [-0.05, 0) is 42.7 Å². The van der Waals surface area contributed by atoms with Gasteiger partial charge in [0.15, 0.2) is 0 Å². The van der Waals surface area contributed by atoms with Gasteiger partial charge in [-0.1, -0.05) is 41.4 Å². The molecule has 0 aliphatic carbocycles. The van der Waals surface area contributed by atoms with E-state index >= 15 is 0 Å². The largest absolute Gasteiger partial charge is 0.320 e. The van der Waals surface area contributed by atoms with Crippen molar-refractivity contribution in [2.75, 3.05) is 0 Å². The molecule has 2 N–H and O–H groups in total. The van der Waals surface area contributed by atoms with Gasteiger partial charge in [-0.3, -0.25) is 0 Å². The second kappa shape index (κ2) is 5.09. The minimum atomic E-state index is -0.350. The first-order valence-electron chi connectivity index (χ1n) is 5.76. The van der Waals surface area contributed by atoms with Crippen LogP contribution in [0.15, 0.2) is 36.4 Å². The van der Waals surface area contributed by atoms with E-state index in [-0.39, 0.29) is 11.9 Å². The highest BCUT2D eigenvalue weighted by Crippen LogP contribution is 2.29. The topological polar surface area (TPSA) is 26.0 Å². The van der Waals surface area contributed by atoms with Gasteiger partial charge in [0.1, 0.15) is 5.82 Å². The molecule has 0 fully saturated rings. The lowest BCUT2D eigenvalue weighted by Crippen LogP contribution is -2.14. The Morgan fingerprint density at radius 2 is 1.78 bits per heavy atom. The number of rotatable bonds is 2. The minimum Gasteiger partial charge on any atom is -0.320 e. The summed E-state index contributed by atoms with van der Waals surface area (Å²) in [5.41, 5.74) is 10.2. The maximum Gasteiger partial charge on any atom is 0.124 e. The number of hydrogen-bond acceptors (Lipinski definition) is 1. The molecule has 3 heteroatoms. The smallest absolute Gasteiger partial charge is 0.124 e. The Labute approximate surface area is 111 Å². The molecule has 18 heavy (non-hydrogen) atoms. The maximum absolute atomic E-state index is 13.0. The minimum absolute atomic E-state index is 0.335. The van der Waals surface area contributed by atoms with Crippen LogP contribution in [0.1, 0.15) is 28.3 Å². The van der Waals surface area contributed by atoms with E-state index in [1.807, 2.05) is 32.0 Å². The van der Waals surface area contributed by atoms with Gasteiger partial charge >= 0.3 is 0 Å². The fourth-order valence-corrected chi connectivity index (χ4v) is 2.30. The standard InChI is InChI=1S/C15H15ClFN/c1-9-3-4-10(2)13(7-9)15(18)12-6-5-11(17)8-14(12)16/h3-8,15H,18H2,1-2H3. The molecule has 0 aromatic heterocycles. The molecule has 0 bridgehead atoms. The van der Waals surface area contributed by atoms with E-state index in [0.717, 1.165) is 22.3 Å². The normalized spacial score (nSPS) is 12.5. The molecule has 0 heterocycles. The van der Waals surface area contributed by atoms with Crippen molar-refractivity contribution in [3.63, 3.8) is 0 Å². The first-order chi connectivity index (χ1) is 8.49. The predicted molar refractivity (Wildman–Crippen MR) is 73.4 cm³/mol. The molecule has 0 radical (unpaired) electrons. The van der Waals surface area contributed by atoms with Gasteiger partial charge in [0.05, 0.1) is 6.04 Å². The maximum atomic E-state index is 13.0. The van der Waals surface area contributed by atoms with Crippen LogP contribution in [0.4, 0.5) is 4.39 Å². The lowest BCUT2D eigenvalue weighted by molar-refractivity contribution is 0.626. The Kier molecular flexibility index (Phi) is 3.69. The zero-order valence-corrected chi connectivity index (χ0v) is 11.1. The second-order valence-corrected chi connectivity index (χ2v) is 4.91. The highest BCUT2D eigenvalue weighted by molar-refractivity contribution is 6.31. The van der Waals surface area contributed by atoms with E-state index in [9.17, 15) is 4.39 Å². The van der Waals surface area contributed by atoms with Crippen LogP contribution in [0, 0.1) is 19.7 Å². The summed E-state index contributed by atoms with van der Waals surface area (Å²) in [5.74, 6) is -0.350. The van der Waals surface area contributed by atoms with Crippen LogP contribution in [-0.4, -0.2) is 0 Å². The Bertz CT molecular complexity index is 581. The highest BCUT2D eigenvalue weighted by atomic mass is 35.5. The van der Waals surface area contributed by atoms with E-state index < -0.39 is 0 Å². The van der Waals surface area contributed by atoms with Crippen LogP contribution in [0.2, 0.25) is 5.02 Å². The fourth-order valence-electron chi connectivity index (χ4n) is 2.02. The molecule has 0 saturated carbocycles. The van der Waals surface area contributed by atoms with E-state index in [4.69, 9.17) is 17.3 Å². The number of halogens is 2. The molecule has 2 rings (SSSR count). The molecule has 2 aromatic rings. The molecular weight excluding hydrogens is 249 g/mol. The summed E-state index contributed by atoms with van der Waals surface area (Å²) in [5, 5.41) is 0.364. The molecule has 94 valence electrons. The summed E-state index contributed by atoms with van der Waals surface area (Å²) >= 11 is 6.05. The third-order valence-corrected chi connectivity index (χ3v) is 3.39. The molecule has 0 spiro atoms. The SMILES string of the molecule is Cc1ccc(C)c(C(N)c2ccc(F)cc2Cl)c1. The number of hydrogen-bond donors (Lipinski definition) is 1. The Hall–Kier alpha value is -1.38. The second-order valence-electron chi connectivity index (χ2n) is 4.50. The van der Waals surface area contributed by atoms with E-state index in [1.54, 1.807) is 6.07 Å². The zero-order valence-electron chi connectivity index (χ0n) is 10.4. The lowest BCUT2D eigenvalue weighted by atomic mass is 9.94. The Balaban J connectivity index is 2.47. The molecule has 1 atom stereocenters. The summed E-state index contributed by atoms with van der Waals surface area (Å²) in [6.45, 7) is 4.02. The van der Waals surface area contributed by atoms with Crippen LogP contribution in [-0.2, 0) is 0 Å². The van der Waals surface area contributed by atoms with Gasteiger partial charge in [-0.25, -0.2) is 4.39 Å². The molecule has 2 aromatic carbocycles. The van der Waals surface area contributed by atoms with Crippen LogP contribution in [0.3, 0.4) is 0 Å². The quantitative estimate of drug-likeness (QED) is 0.866. The van der Waals surface area contributed by atoms with Gasteiger partial charge in [0, 0.05) is 5.02 Å². The van der Waals surface area contributed by atoms with Crippen molar-refractivity contribution in [2.45, 2.75) is 19.9 Å². The van der Waals surface area contributed by atoms with Crippen molar-refractivity contribution >= 4 is 11.6 Å². The van der Waals surface area contributed by atoms with Crippen molar-refractivity contribution in [1.82, 2.24) is 0 Å². The van der Waals surface area contributed by atoms with Crippen LogP contribution < -0.4 is 5.73 Å². The molecule has 0 aliphatic heterocycles. The zero-order chi connectivity index (χ0) is 13.3. The molecule has 0 amide bonds. The van der Waals surface area contributed by atoms with Crippen molar-refractivity contribution in [1.29, 1.82) is 0 Å². The third kappa shape index (κ3) is 2.55. The van der Waals surface area contributed by atoms with Crippen molar-refractivity contribution in [3.8, 4) is 0 Å².